The molecule has 0 radical (unpaired) electrons. The fourth-order valence-electron chi connectivity index (χ4n) is 2.57. The highest BCUT2D eigenvalue weighted by molar-refractivity contribution is 5.73. The molecule has 7 heteroatoms. The lowest BCUT2D eigenvalue weighted by Crippen LogP contribution is -2.39. The summed E-state index contributed by atoms with van der Waals surface area (Å²) in [7, 11) is 0. The van der Waals surface area contributed by atoms with E-state index in [0.717, 1.165) is 58.4 Å². The fraction of sp³-hybridized carbons (Fsp3) is 0.864. The predicted molar refractivity (Wildman–Crippen MR) is 119 cm³/mol. The first-order chi connectivity index (χ1) is 13.8. The van der Waals surface area contributed by atoms with E-state index in [9.17, 15) is 14.4 Å². The average Bonchev–Trinajstić information content (AvgIpc) is 2.69. The second-order valence-electron chi connectivity index (χ2n) is 7.17. The zero-order valence-corrected chi connectivity index (χ0v) is 19.7. The molecule has 1 saturated heterocycles. The van der Waals surface area contributed by atoms with E-state index >= 15 is 0 Å². The normalized spacial score (nSPS) is 12.7. The summed E-state index contributed by atoms with van der Waals surface area (Å²) in [5, 5.41) is 2.71. The van der Waals surface area contributed by atoms with Crippen molar-refractivity contribution in [2.75, 3.05) is 45.9 Å². The van der Waals surface area contributed by atoms with E-state index in [2.05, 4.69) is 26.1 Å². The number of carbonyl (C=O) groups excluding carboxylic acids is 3. The summed E-state index contributed by atoms with van der Waals surface area (Å²) in [5.41, 5.74) is 0. The molecular weight excluding hydrogens is 370 g/mol. The van der Waals surface area contributed by atoms with Gasteiger partial charge in [-0.2, -0.15) is 0 Å². The van der Waals surface area contributed by atoms with E-state index in [1.807, 2.05) is 4.90 Å². The van der Waals surface area contributed by atoms with E-state index in [4.69, 9.17) is 4.74 Å². The molecule has 0 aromatic heterocycles. The minimum Gasteiger partial charge on any atom is -0.378 e. The van der Waals surface area contributed by atoms with Crippen LogP contribution in [0, 0.1) is 0 Å². The van der Waals surface area contributed by atoms with Crippen molar-refractivity contribution in [1.29, 1.82) is 0 Å². The van der Waals surface area contributed by atoms with Crippen LogP contribution in [0.1, 0.15) is 80.1 Å². The Balaban J connectivity index is 0. The van der Waals surface area contributed by atoms with Crippen LogP contribution in [0.3, 0.4) is 0 Å². The van der Waals surface area contributed by atoms with Crippen molar-refractivity contribution in [3.05, 3.63) is 0 Å². The molecule has 0 bridgehead atoms. The Bertz CT molecular complexity index is 424. The number of nitrogens with zero attached hydrogens (tertiary/aromatic N) is 2. The van der Waals surface area contributed by atoms with Gasteiger partial charge in [-0.25, -0.2) is 0 Å². The summed E-state index contributed by atoms with van der Waals surface area (Å²) >= 11 is 0. The first kappa shape index (κ1) is 29.6. The Hall–Kier alpha value is -1.63. The Kier molecular flexibility index (Phi) is 21.5. The summed E-state index contributed by atoms with van der Waals surface area (Å²) in [6.07, 6.45) is 6.88. The maximum Gasteiger partial charge on any atom is 0.219 e. The molecule has 0 aromatic carbocycles. The molecule has 7 nitrogen and oxygen atoms in total. The lowest BCUT2D eigenvalue weighted by molar-refractivity contribution is -0.133. The van der Waals surface area contributed by atoms with E-state index in [0.29, 0.717) is 13.2 Å². The molecular formula is C22H45N3O4. The van der Waals surface area contributed by atoms with Crippen LogP contribution in [0.4, 0.5) is 0 Å². The minimum absolute atomic E-state index is 0.0680. The highest BCUT2D eigenvalue weighted by Crippen LogP contribution is 1.99. The van der Waals surface area contributed by atoms with Crippen LogP contribution in [0.15, 0.2) is 0 Å². The van der Waals surface area contributed by atoms with Gasteiger partial charge in [-0.05, 0) is 19.3 Å². The third-order valence-electron chi connectivity index (χ3n) is 4.33. The molecule has 172 valence electrons. The number of amides is 3. The highest BCUT2D eigenvalue weighted by Gasteiger charge is 2.11. The van der Waals surface area contributed by atoms with Crippen LogP contribution in [0.25, 0.3) is 0 Å². The van der Waals surface area contributed by atoms with Crippen molar-refractivity contribution in [1.82, 2.24) is 15.1 Å². The molecule has 1 heterocycles. The van der Waals surface area contributed by atoms with Gasteiger partial charge in [-0.15, -0.1) is 0 Å². The topological polar surface area (TPSA) is 79.0 Å². The number of morpholine rings is 1. The number of ether oxygens (including phenoxy) is 1. The Labute approximate surface area is 178 Å². The maximum absolute atomic E-state index is 11.1. The third-order valence-corrected chi connectivity index (χ3v) is 4.33. The van der Waals surface area contributed by atoms with E-state index in [1.54, 1.807) is 18.7 Å². The van der Waals surface area contributed by atoms with Gasteiger partial charge in [0, 0.05) is 53.5 Å². The molecule has 0 unspecified atom stereocenters. The molecule has 0 aromatic rings. The summed E-state index contributed by atoms with van der Waals surface area (Å²) in [4.78, 5) is 35.7. The summed E-state index contributed by atoms with van der Waals surface area (Å²) < 4.78 is 5.06. The first-order valence-corrected chi connectivity index (χ1v) is 11.1. The zero-order valence-electron chi connectivity index (χ0n) is 19.7. The number of nitrogens with one attached hydrogen (secondary N) is 1. The minimum atomic E-state index is 0.0680. The van der Waals surface area contributed by atoms with Crippen molar-refractivity contribution in [2.45, 2.75) is 80.1 Å². The van der Waals surface area contributed by atoms with Crippen LogP contribution in [0.2, 0.25) is 0 Å². The third kappa shape index (κ3) is 20.9. The van der Waals surface area contributed by atoms with Crippen LogP contribution in [-0.2, 0) is 19.1 Å². The molecule has 1 rings (SSSR count). The lowest BCUT2D eigenvalue weighted by Gasteiger charge is -2.25. The largest absolute Gasteiger partial charge is 0.378 e. The Morgan fingerprint density at radius 3 is 1.83 bits per heavy atom. The van der Waals surface area contributed by atoms with E-state index in [1.165, 1.54) is 19.8 Å². The number of hydrogen-bond donors (Lipinski definition) is 1. The van der Waals surface area contributed by atoms with Gasteiger partial charge < -0.3 is 19.9 Å². The van der Waals surface area contributed by atoms with Gasteiger partial charge in [0.25, 0.3) is 0 Å². The summed E-state index contributed by atoms with van der Waals surface area (Å²) in [6.45, 7) is 16.8. The highest BCUT2D eigenvalue weighted by atomic mass is 16.5. The van der Waals surface area contributed by atoms with E-state index < -0.39 is 0 Å². The molecule has 0 aliphatic carbocycles. The standard InChI is InChI=1S/C10H21NO.C6H11NO2.C6H13NO/c1-4-6-7-9-11(8-5-2)10(3)12;1-6(8)7-2-4-9-5-3-7;1-3-4-5-7-6(2)8/h4-9H2,1-3H3;2-5H2,1H3;3-5H2,1-2H3,(H,7,8). The summed E-state index contributed by atoms with van der Waals surface area (Å²) in [5.74, 6) is 0.435. The SMILES string of the molecule is CC(=O)N1CCOCC1.CCCCCN(CCC)C(C)=O.CCCCNC(C)=O. The number of rotatable bonds is 9. The number of hydrogen-bond acceptors (Lipinski definition) is 4. The molecule has 1 aliphatic heterocycles. The van der Waals surface area contributed by atoms with Gasteiger partial charge >= 0.3 is 0 Å². The van der Waals surface area contributed by atoms with Crippen LogP contribution >= 0.6 is 0 Å². The van der Waals surface area contributed by atoms with Crippen molar-refractivity contribution in [3.8, 4) is 0 Å². The van der Waals surface area contributed by atoms with Gasteiger partial charge in [-0.1, -0.05) is 40.0 Å². The lowest BCUT2D eigenvalue weighted by atomic mass is 10.2. The molecule has 0 saturated carbocycles. The van der Waals surface area contributed by atoms with Gasteiger partial charge in [-0.3, -0.25) is 14.4 Å². The van der Waals surface area contributed by atoms with Crippen LogP contribution in [-0.4, -0.2) is 73.5 Å². The number of carbonyl (C=O) groups is 3. The van der Waals surface area contributed by atoms with Crippen molar-refractivity contribution in [2.24, 2.45) is 0 Å². The predicted octanol–water partition coefficient (Wildman–Crippen LogP) is 3.22. The first-order valence-electron chi connectivity index (χ1n) is 11.1. The van der Waals surface area contributed by atoms with Crippen LogP contribution < -0.4 is 5.32 Å². The molecule has 1 aliphatic rings. The van der Waals surface area contributed by atoms with Crippen molar-refractivity contribution < 1.29 is 19.1 Å². The zero-order chi connectivity index (χ0) is 22.5. The van der Waals surface area contributed by atoms with E-state index in [-0.39, 0.29) is 17.7 Å². The quantitative estimate of drug-likeness (QED) is 0.587. The monoisotopic (exact) mass is 415 g/mol. The molecule has 0 atom stereocenters. The second-order valence-corrected chi connectivity index (χ2v) is 7.17. The van der Waals surface area contributed by atoms with Gasteiger partial charge in [0.1, 0.15) is 0 Å². The van der Waals surface area contributed by atoms with Crippen LogP contribution in [0.5, 0.6) is 0 Å². The molecule has 1 N–H and O–H groups in total. The Morgan fingerprint density at radius 2 is 1.45 bits per heavy atom. The van der Waals surface area contributed by atoms with Gasteiger partial charge in [0.15, 0.2) is 0 Å². The Morgan fingerprint density at radius 1 is 0.862 bits per heavy atom. The molecule has 1 fully saturated rings. The average molecular weight is 416 g/mol. The van der Waals surface area contributed by atoms with Gasteiger partial charge in [0.2, 0.25) is 17.7 Å². The van der Waals surface area contributed by atoms with Crippen molar-refractivity contribution >= 4 is 17.7 Å². The second kappa shape index (κ2) is 21.1. The fourth-order valence-corrected chi connectivity index (χ4v) is 2.57. The number of unbranched alkanes of at least 4 members (excludes halogenated alkanes) is 3. The summed E-state index contributed by atoms with van der Waals surface area (Å²) in [6, 6.07) is 0. The molecule has 0 spiro atoms. The van der Waals surface area contributed by atoms with Crippen molar-refractivity contribution in [3.63, 3.8) is 0 Å². The smallest absolute Gasteiger partial charge is 0.219 e. The maximum atomic E-state index is 11.1. The van der Waals surface area contributed by atoms with Gasteiger partial charge in [0.05, 0.1) is 13.2 Å². The molecule has 3 amide bonds. The molecule has 29 heavy (non-hydrogen) atoms.